The minimum atomic E-state index is -0.370. The number of amides is 1. The van der Waals surface area contributed by atoms with Gasteiger partial charge in [-0.1, -0.05) is 55.2 Å². The van der Waals surface area contributed by atoms with Gasteiger partial charge in [0.25, 0.3) is 5.91 Å². The highest BCUT2D eigenvalue weighted by atomic mass is 35.5. The van der Waals surface area contributed by atoms with Gasteiger partial charge in [-0.15, -0.1) is 0 Å². The van der Waals surface area contributed by atoms with E-state index in [0.717, 1.165) is 6.42 Å². The van der Waals surface area contributed by atoms with Crippen LogP contribution < -0.4 is 10.2 Å². The average Bonchev–Trinajstić information content (AvgIpc) is 2.62. The zero-order chi connectivity index (χ0) is 18.2. The quantitative estimate of drug-likeness (QED) is 0.542. The molecule has 0 aromatic heterocycles. The fraction of sp³-hybridized carbons (Fsp3) is 0.263. The van der Waals surface area contributed by atoms with Crippen LogP contribution in [0.2, 0.25) is 10.0 Å². The maximum Gasteiger partial charge on any atom is 0.277 e. The molecule has 0 saturated heterocycles. The first-order valence-corrected chi connectivity index (χ1v) is 8.75. The normalized spacial score (nSPS) is 12.2. The Morgan fingerprint density at radius 2 is 1.84 bits per heavy atom. The highest BCUT2D eigenvalue weighted by Gasteiger charge is 2.05. The summed E-state index contributed by atoms with van der Waals surface area (Å²) >= 11 is 12.0. The van der Waals surface area contributed by atoms with Crippen LogP contribution in [0, 0.1) is 0 Å². The Morgan fingerprint density at radius 3 is 2.44 bits per heavy atom. The number of hydrogen-bond donors (Lipinski definition) is 1. The van der Waals surface area contributed by atoms with E-state index in [4.69, 9.17) is 27.9 Å². The number of nitrogens with one attached hydrogen (secondary N) is 1. The van der Waals surface area contributed by atoms with Crippen molar-refractivity contribution >= 4 is 35.3 Å². The van der Waals surface area contributed by atoms with Crippen molar-refractivity contribution in [1.29, 1.82) is 0 Å². The molecule has 2 aromatic rings. The topological polar surface area (TPSA) is 50.7 Å². The van der Waals surface area contributed by atoms with Crippen molar-refractivity contribution in [1.82, 2.24) is 5.43 Å². The molecular formula is C19H20Cl2N2O2. The number of nitrogens with zero attached hydrogens (tertiary/aromatic N) is 1. The van der Waals surface area contributed by atoms with E-state index in [0.29, 0.717) is 27.3 Å². The van der Waals surface area contributed by atoms with E-state index in [2.05, 4.69) is 24.4 Å². The third-order valence-corrected chi connectivity index (χ3v) is 4.47. The Kier molecular flexibility index (Phi) is 7.29. The third-order valence-electron chi connectivity index (χ3n) is 3.81. The highest BCUT2D eigenvalue weighted by molar-refractivity contribution is 6.38. The molecule has 2 rings (SSSR count). The summed E-state index contributed by atoms with van der Waals surface area (Å²) in [4.78, 5) is 11.8. The van der Waals surface area contributed by atoms with Crippen molar-refractivity contribution in [3.8, 4) is 5.75 Å². The van der Waals surface area contributed by atoms with Gasteiger partial charge in [0.15, 0.2) is 6.61 Å². The summed E-state index contributed by atoms with van der Waals surface area (Å²) in [6.45, 7) is 4.19. The lowest BCUT2D eigenvalue weighted by atomic mass is 9.99. The summed E-state index contributed by atoms with van der Waals surface area (Å²) in [6, 6.07) is 12.9. The Labute approximate surface area is 157 Å². The zero-order valence-electron chi connectivity index (χ0n) is 14.1. The molecule has 1 amide bonds. The van der Waals surface area contributed by atoms with Crippen LogP contribution in [0.5, 0.6) is 5.75 Å². The number of halogens is 2. The molecule has 2 aromatic carbocycles. The van der Waals surface area contributed by atoms with E-state index < -0.39 is 0 Å². The van der Waals surface area contributed by atoms with Crippen molar-refractivity contribution in [2.45, 2.75) is 26.2 Å². The molecule has 0 aliphatic carbocycles. The summed E-state index contributed by atoms with van der Waals surface area (Å²) in [7, 11) is 0. The highest BCUT2D eigenvalue weighted by Crippen LogP contribution is 2.22. The molecule has 0 spiro atoms. The molecule has 6 heteroatoms. The summed E-state index contributed by atoms with van der Waals surface area (Å²) in [5.41, 5.74) is 4.18. The first kappa shape index (κ1) is 19.3. The fourth-order valence-electron chi connectivity index (χ4n) is 2.11. The predicted molar refractivity (Wildman–Crippen MR) is 103 cm³/mol. The van der Waals surface area contributed by atoms with Crippen molar-refractivity contribution in [2.24, 2.45) is 5.10 Å². The van der Waals surface area contributed by atoms with Gasteiger partial charge in [0, 0.05) is 5.56 Å². The van der Waals surface area contributed by atoms with Crippen LogP contribution in [0.4, 0.5) is 0 Å². The number of hydrazone groups is 1. The molecule has 1 atom stereocenters. The lowest BCUT2D eigenvalue weighted by Crippen LogP contribution is -2.24. The second-order valence-corrected chi connectivity index (χ2v) is 6.41. The zero-order valence-corrected chi connectivity index (χ0v) is 15.6. The largest absolute Gasteiger partial charge is 0.484 e. The van der Waals surface area contributed by atoms with Crippen LogP contribution in [0.3, 0.4) is 0 Å². The Bertz CT molecular complexity index is 725. The number of carbonyl (C=O) groups excluding carboxylic acids is 1. The van der Waals surface area contributed by atoms with Crippen LogP contribution in [0.25, 0.3) is 0 Å². The first-order chi connectivity index (χ1) is 12.0. The number of carbonyl (C=O) groups is 1. The van der Waals surface area contributed by atoms with Gasteiger partial charge in [0.2, 0.25) is 0 Å². The van der Waals surface area contributed by atoms with E-state index in [-0.39, 0.29) is 12.5 Å². The fourth-order valence-corrected chi connectivity index (χ4v) is 2.61. The van der Waals surface area contributed by atoms with Crippen molar-refractivity contribution < 1.29 is 9.53 Å². The second kappa shape index (κ2) is 9.44. The number of benzene rings is 2. The predicted octanol–water partition coefficient (Wildman–Crippen LogP) is 5.04. The van der Waals surface area contributed by atoms with Crippen molar-refractivity contribution in [3.05, 3.63) is 63.6 Å². The van der Waals surface area contributed by atoms with Gasteiger partial charge in [-0.3, -0.25) is 4.79 Å². The lowest BCUT2D eigenvalue weighted by molar-refractivity contribution is -0.123. The van der Waals surface area contributed by atoms with Crippen LogP contribution in [-0.4, -0.2) is 18.7 Å². The second-order valence-electron chi connectivity index (χ2n) is 5.60. The molecule has 25 heavy (non-hydrogen) atoms. The van der Waals surface area contributed by atoms with E-state index in [1.165, 1.54) is 11.8 Å². The Morgan fingerprint density at radius 1 is 1.20 bits per heavy atom. The lowest BCUT2D eigenvalue weighted by Gasteiger charge is -2.10. The molecule has 1 N–H and O–H groups in total. The molecule has 0 fully saturated rings. The summed E-state index contributed by atoms with van der Waals surface area (Å²) in [6.07, 6.45) is 2.49. The minimum absolute atomic E-state index is 0.129. The third kappa shape index (κ3) is 5.76. The van der Waals surface area contributed by atoms with Gasteiger partial charge in [-0.25, -0.2) is 5.43 Å². The van der Waals surface area contributed by atoms with Gasteiger partial charge in [0.05, 0.1) is 16.3 Å². The van der Waals surface area contributed by atoms with Crippen LogP contribution >= 0.6 is 23.2 Å². The van der Waals surface area contributed by atoms with Gasteiger partial charge in [-0.05, 0) is 42.2 Å². The maximum absolute atomic E-state index is 11.8. The first-order valence-electron chi connectivity index (χ1n) is 8.00. The molecule has 4 nitrogen and oxygen atoms in total. The van der Waals surface area contributed by atoms with E-state index in [1.807, 2.05) is 24.3 Å². The van der Waals surface area contributed by atoms with Crippen molar-refractivity contribution in [2.75, 3.05) is 6.61 Å². The molecular weight excluding hydrogens is 359 g/mol. The number of hydrogen-bond acceptors (Lipinski definition) is 3. The Hall–Kier alpha value is -2.04. The Balaban J connectivity index is 1.83. The van der Waals surface area contributed by atoms with Crippen LogP contribution in [0.15, 0.2) is 47.6 Å². The molecule has 1 unspecified atom stereocenters. The average molecular weight is 379 g/mol. The summed E-state index contributed by atoms with van der Waals surface area (Å²) in [5.74, 6) is 0.772. The van der Waals surface area contributed by atoms with Crippen molar-refractivity contribution in [3.63, 3.8) is 0 Å². The standard InChI is InChI=1S/C19H20Cl2N2O2/c1-3-13(2)14-7-9-15(10-8-14)25-12-19(24)23-22-11-16-17(20)5-4-6-18(16)21/h4-11,13H,3,12H2,1-2H3,(H,23,24). The molecule has 132 valence electrons. The van der Waals surface area contributed by atoms with Crippen LogP contribution in [0.1, 0.15) is 37.3 Å². The molecule has 0 heterocycles. The monoisotopic (exact) mass is 378 g/mol. The molecule has 0 saturated carbocycles. The number of rotatable bonds is 7. The SMILES string of the molecule is CCC(C)c1ccc(OCC(=O)NN=Cc2c(Cl)cccc2Cl)cc1. The molecule has 0 bridgehead atoms. The van der Waals surface area contributed by atoms with Crippen LogP contribution in [-0.2, 0) is 4.79 Å². The van der Waals surface area contributed by atoms with E-state index >= 15 is 0 Å². The summed E-state index contributed by atoms with van der Waals surface area (Å²) < 4.78 is 5.45. The molecule has 0 aliphatic rings. The molecule has 0 radical (unpaired) electrons. The number of ether oxygens (including phenoxy) is 1. The van der Waals surface area contributed by atoms with Gasteiger partial charge in [0.1, 0.15) is 5.75 Å². The summed E-state index contributed by atoms with van der Waals surface area (Å²) in [5, 5.41) is 4.77. The molecule has 0 aliphatic heterocycles. The van der Waals surface area contributed by atoms with E-state index in [1.54, 1.807) is 18.2 Å². The maximum atomic E-state index is 11.8. The van der Waals surface area contributed by atoms with Gasteiger partial charge < -0.3 is 4.74 Å². The minimum Gasteiger partial charge on any atom is -0.484 e. The van der Waals surface area contributed by atoms with E-state index in [9.17, 15) is 4.79 Å². The van der Waals surface area contributed by atoms with Gasteiger partial charge >= 0.3 is 0 Å². The smallest absolute Gasteiger partial charge is 0.277 e. The van der Waals surface area contributed by atoms with Gasteiger partial charge in [-0.2, -0.15) is 5.10 Å².